The van der Waals surface area contributed by atoms with Gasteiger partial charge >= 0.3 is 0 Å². The minimum absolute atomic E-state index is 0.137. The monoisotopic (exact) mass is 257 g/mol. The van der Waals surface area contributed by atoms with E-state index in [0.717, 1.165) is 25.1 Å². The van der Waals surface area contributed by atoms with Gasteiger partial charge in [0, 0.05) is 5.69 Å². The molecule has 1 aromatic heterocycles. The molecule has 1 atom stereocenters. The molecule has 1 unspecified atom stereocenters. The maximum Gasteiger partial charge on any atom is 0.277 e. The minimum atomic E-state index is -0.251. The van der Waals surface area contributed by atoms with Gasteiger partial charge < -0.3 is 15.1 Å². The predicted molar refractivity (Wildman–Crippen MR) is 70.9 cm³/mol. The summed E-state index contributed by atoms with van der Waals surface area (Å²) in [6.07, 6.45) is 3.52. The molecule has 2 heterocycles. The maximum absolute atomic E-state index is 12.0. The topological polar surface area (TPSA) is 67.2 Å². The highest BCUT2D eigenvalue weighted by Gasteiger charge is 2.22. The molecule has 1 amide bonds. The van der Waals surface area contributed by atoms with E-state index in [2.05, 4.69) is 15.6 Å². The molecule has 1 aliphatic rings. The van der Waals surface area contributed by atoms with Gasteiger partial charge in [0.15, 0.2) is 5.69 Å². The van der Waals surface area contributed by atoms with Crippen LogP contribution in [0.25, 0.3) is 0 Å². The Balaban J connectivity index is 1.70. The number of nitrogens with zero attached hydrogens (tertiary/aromatic N) is 1. The van der Waals surface area contributed by atoms with Crippen molar-refractivity contribution in [3.8, 4) is 0 Å². The molecule has 98 valence electrons. The molecule has 0 aliphatic carbocycles. The maximum atomic E-state index is 12.0. The highest BCUT2D eigenvalue weighted by molar-refractivity contribution is 6.02. The number of amides is 1. The third-order valence-corrected chi connectivity index (χ3v) is 3.14. The molecule has 1 aromatic carbocycles. The second kappa shape index (κ2) is 5.24. The van der Waals surface area contributed by atoms with Crippen LogP contribution in [0.2, 0.25) is 0 Å². The van der Waals surface area contributed by atoms with Crippen molar-refractivity contribution in [2.24, 2.45) is 0 Å². The van der Waals surface area contributed by atoms with Gasteiger partial charge in [-0.3, -0.25) is 4.79 Å². The number of rotatable bonds is 3. The van der Waals surface area contributed by atoms with Gasteiger partial charge in [-0.25, -0.2) is 4.98 Å². The van der Waals surface area contributed by atoms with Crippen LogP contribution in [0.4, 0.5) is 5.69 Å². The molecule has 1 aliphatic heterocycles. The van der Waals surface area contributed by atoms with E-state index in [0.29, 0.717) is 11.6 Å². The minimum Gasteiger partial charge on any atom is -0.446 e. The second-order valence-corrected chi connectivity index (χ2v) is 4.54. The Labute approximate surface area is 111 Å². The van der Waals surface area contributed by atoms with Crippen LogP contribution in [0.15, 0.2) is 41.0 Å². The average molecular weight is 257 g/mol. The Morgan fingerprint density at radius 3 is 2.95 bits per heavy atom. The Hall–Kier alpha value is -2.14. The number of benzene rings is 1. The molecule has 2 N–H and O–H groups in total. The van der Waals surface area contributed by atoms with Crippen molar-refractivity contribution < 1.29 is 9.21 Å². The predicted octanol–water partition coefficient (Wildman–Crippen LogP) is 2.35. The molecule has 0 spiro atoms. The van der Waals surface area contributed by atoms with Crippen molar-refractivity contribution in [1.82, 2.24) is 10.3 Å². The molecule has 19 heavy (non-hydrogen) atoms. The molecule has 3 rings (SSSR count). The first-order valence-electron chi connectivity index (χ1n) is 6.38. The number of anilines is 1. The molecule has 1 saturated heterocycles. The van der Waals surface area contributed by atoms with Gasteiger partial charge in [0.05, 0.1) is 6.04 Å². The summed E-state index contributed by atoms with van der Waals surface area (Å²) < 4.78 is 5.37. The Morgan fingerprint density at radius 2 is 2.21 bits per heavy atom. The molecule has 0 radical (unpaired) electrons. The zero-order chi connectivity index (χ0) is 13.1. The third kappa shape index (κ3) is 2.66. The van der Waals surface area contributed by atoms with E-state index < -0.39 is 0 Å². The van der Waals surface area contributed by atoms with E-state index in [1.165, 1.54) is 6.26 Å². The van der Waals surface area contributed by atoms with Gasteiger partial charge in [0.2, 0.25) is 5.89 Å². The second-order valence-electron chi connectivity index (χ2n) is 4.54. The quantitative estimate of drug-likeness (QED) is 0.885. The van der Waals surface area contributed by atoms with Crippen molar-refractivity contribution >= 4 is 11.6 Å². The summed E-state index contributed by atoms with van der Waals surface area (Å²) in [5.74, 6) is 0.343. The van der Waals surface area contributed by atoms with E-state index in [9.17, 15) is 4.79 Å². The highest BCUT2D eigenvalue weighted by atomic mass is 16.3. The standard InChI is InChI=1S/C14H15N3O2/c18-13(16-10-5-2-1-3-6-10)12-9-19-14(17-12)11-7-4-8-15-11/h1-3,5-6,9,11,15H,4,7-8H2,(H,16,18). The summed E-state index contributed by atoms with van der Waals surface area (Å²) >= 11 is 0. The molecular weight excluding hydrogens is 242 g/mol. The van der Waals surface area contributed by atoms with Gasteiger partial charge in [-0.2, -0.15) is 0 Å². The van der Waals surface area contributed by atoms with Crippen molar-refractivity contribution in [2.75, 3.05) is 11.9 Å². The average Bonchev–Trinajstić information content (AvgIpc) is 3.11. The van der Waals surface area contributed by atoms with Crippen LogP contribution in [-0.2, 0) is 0 Å². The summed E-state index contributed by atoms with van der Waals surface area (Å²) in [5, 5.41) is 6.07. The fourth-order valence-electron chi connectivity index (χ4n) is 2.16. The van der Waals surface area contributed by atoms with Crippen LogP contribution in [0.1, 0.15) is 35.3 Å². The molecule has 0 bridgehead atoms. The number of nitrogens with one attached hydrogen (secondary N) is 2. The third-order valence-electron chi connectivity index (χ3n) is 3.14. The van der Waals surface area contributed by atoms with Crippen molar-refractivity contribution in [1.29, 1.82) is 0 Å². The molecule has 5 heteroatoms. The lowest BCUT2D eigenvalue weighted by Gasteiger charge is -2.03. The lowest BCUT2D eigenvalue weighted by molar-refractivity contribution is 0.102. The van der Waals surface area contributed by atoms with Gasteiger partial charge in [0.25, 0.3) is 5.91 Å². The van der Waals surface area contributed by atoms with Crippen LogP contribution in [0.3, 0.4) is 0 Å². The summed E-state index contributed by atoms with van der Waals surface area (Å²) in [6.45, 7) is 0.971. The van der Waals surface area contributed by atoms with E-state index in [1.807, 2.05) is 30.3 Å². The van der Waals surface area contributed by atoms with Gasteiger partial charge in [-0.15, -0.1) is 0 Å². The lowest BCUT2D eigenvalue weighted by Crippen LogP contribution is -2.15. The Kier molecular flexibility index (Phi) is 3.29. The number of carbonyl (C=O) groups excluding carboxylic acids is 1. The van der Waals surface area contributed by atoms with Crippen molar-refractivity contribution in [3.63, 3.8) is 0 Å². The van der Waals surface area contributed by atoms with E-state index >= 15 is 0 Å². The number of carbonyl (C=O) groups is 1. The van der Waals surface area contributed by atoms with Crippen LogP contribution in [-0.4, -0.2) is 17.4 Å². The number of hydrogen-bond acceptors (Lipinski definition) is 4. The van der Waals surface area contributed by atoms with Crippen molar-refractivity contribution in [2.45, 2.75) is 18.9 Å². The lowest BCUT2D eigenvalue weighted by atomic mass is 10.2. The number of oxazole rings is 1. The van der Waals surface area contributed by atoms with E-state index in [1.54, 1.807) is 0 Å². The number of para-hydroxylation sites is 1. The zero-order valence-electron chi connectivity index (χ0n) is 10.4. The van der Waals surface area contributed by atoms with Crippen LogP contribution in [0, 0.1) is 0 Å². The molecule has 0 saturated carbocycles. The van der Waals surface area contributed by atoms with Crippen LogP contribution >= 0.6 is 0 Å². The van der Waals surface area contributed by atoms with Crippen LogP contribution in [0.5, 0.6) is 0 Å². The molecule has 2 aromatic rings. The summed E-state index contributed by atoms with van der Waals surface area (Å²) in [4.78, 5) is 16.2. The summed E-state index contributed by atoms with van der Waals surface area (Å²) in [6, 6.07) is 9.43. The fraction of sp³-hybridized carbons (Fsp3) is 0.286. The summed E-state index contributed by atoms with van der Waals surface area (Å²) in [5.41, 5.74) is 1.06. The molecule has 1 fully saturated rings. The van der Waals surface area contributed by atoms with Crippen molar-refractivity contribution in [3.05, 3.63) is 48.2 Å². The fourth-order valence-corrected chi connectivity index (χ4v) is 2.16. The van der Waals surface area contributed by atoms with E-state index in [4.69, 9.17) is 4.42 Å². The first-order valence-corrected chi connectivity index (χ1v) is 6.38. The first kappa shape index (κ1) is 11.9. The van der Waals surface area contributed by atoms with Gasteiger partial charge in [0.1, 0.15) is 6.26 Å². The van der Waals surface area contributed by atoms with Crippen LogP contribution < -0.4 is 10.6 Å². The SMILES string of the molecule is O=C(Nc1ccccc1)c1coc(C2CCCN2)n1. The van der Waals surface area contributed by atoms with E-state index in [-0.39, 0.29) is 11.9 Å². The largest absolute Gasteiger partial charge is 0.446 e. The first-order chi connectivity index (χ1) is 9.33. The highest BCUT2D eigenvalue weighted by Crippen LogP contribution is 2.22. The number of hydrogen-bond donors (Lipinski definition) is 2. The summed E-state index contributed by atoms with van der Waals surface area (Å²) in [7, 11) is 0. The van der Waals surface area contributed by atoms with Gasteiger partial charge in [-0.1, -0.05) is 18.2 Å². The normalized spacial score (nSPS) is 18.4. The molecule has 5 nitrogen and oxygen atoms in total. The Morgan fingerprint density at radius 1 is 1.37 bits per heavy atom. The molecular formula is C14H15N3O2. The Bertz CT molecular complexity index is 559. The number of aromatic nitrogens is 1. The van der Waals surface area contributed by atoms with Gasteiger partial charge in [-0.05, 0) is 31.5 Å². The smallest absolute Gasteiger partial charge is 0.277 e. The zero-order valence-corrected chi connectivity index (χ0v) is 10.4.